The second-order valence-electron chi connectivity index (χ2n) is 6.45. The fourth-order valence-corrected chi connectivity index (χ4v) is 3.42. The molecule has 0 radical (unpaired) electrons. The topological polar surface area (TPSA) is 52.6 Å². The molecular weight excluding hydrogens is 321 g/mol. The van der Waals surface area contributed by atoms with E-state index < -0.39 is 0 Å². The van der Waals surface area contributed by atoms with E-state index in [1.54, 1.807) is 12.4 Å². The summed E-state index contributed by atoms with van der Waals surface area (Å²) in [5, 5.41) is 0. The van der Waals surface area contributed by atoms with Crippen molar-refractivity contribution in [3.8, 4) is 0 Å². The van der Waals surface area contributed by atoms with Gasteiger partial charge in [-0.1, -0.05) is 0 Å². The summed E-state index contributed by atoms with van der Waals surface area (Å²) in [4.78, 5) is 26.8. The van der Waals surface area contributed by atoms with Crippen LogP contribution in [0.1, 0.15) is 10.5 Å². The van der Waals surface area contributed by atoms with Crippen LogP contribution in [-0.4, -0.2) is 71.0 Å². The molecule has 2 aliphatic heterocycles. The number of likely N-dealkylation sites (tertiary alicyclic amines) is 1. The van der Waals surface area contributed by atoms with E-state index in [1.807, 2.05) is 17.0 Å². The van der Waals surface area contributed by atoms with Crippen LogP contribution in [0.3, 0.4) is 0 Å². The van der Waals surface area contributed by atoms with Crippen LogP contribution in [0.5, 0.6) is 0 Å². The van der Waals surface area contributed by atoms with Crippen molar-refractivity contribution in [3.05, 3.63) is 54.4 Å². The van der Waals surface area contributed by atoms with E-state index in [1.165, 1.54) is 18.3 Å². The maximum atomic E-state index is 13.0. The number of carbonyl (C=O) groups excluding carboxylic acids is 1. The lowest BCUT2D eigenvalue weighted by Crippen LogP contribution is -2.64. The molecule has 2 fully saturated rings. The van der Waals surface area contributed by atoms with Gasteiger partial charge in [0.15, 0.2) is 0 Å². The molecule has 0 bridgehead atoms. The fourth-order valence-electron chi connectivity index (χ4n) is 3.42. The van der Waals surface area contributed by atoms with Crippen LogP contribution in [0.25, 0.3) is 0 Å². The van der Waals surface area contributed by atoms with E-state index >= 15 is 0 Å². The molecule has 0 N–H and O–H groups in total. The van der Waals surface area contributed by atoms with Gasteiger partial charge in [-0.25, -0.2) is 9.37 Å². The Morgan fingerprint density at radius 3 is 2.40 bits per heavy atom. The van der Waals surface area contributed by atoms with Gasteiger partial charge in [-0.2, -0.15) is 0 Å². The number of nitrogens with zero attached hydrogens (tertiary/aromatic N) is 5. The summed E-state index contributed by atoms with van der Waals surface area (Å²) in [6.45, 7) is 5.23. The van der Waals surface area contributed by atoms with Crippen LogP contribution >= 0.6 is 0 Å². The number of rotatable bonds is 3. The zero-order valence-corrected chi connectivity index (χ0v) is 13.9. The number of piperazine rings is 1. The van der Waals surface area contributed by atoms with Crippen LogP contribution in [0.15, 0.2) is 42.9 Å². The molecule has 1 aromatic carbocycles. The zero-order valence-electron chi connectivity index (χ0n) is 13.9. The van der Waals surface area contributed by atoms with Crippen molar-refractivity contribution in [1.29, 1.82) is 0 Å². The van der Waals surface area contributed by atoms with E-state index in [4.69, 9.17) is 0 Å². The van der Waals surface area contributed by atoms with Crippen LogP contribution in [0.4, 0.5) is 10.1 Å². The van der Waals surface area contributed by atoms with Crippen LogP contribution in [-0.2, 0) is 0 Å². The molecule has 0 saturated carbocycles. The number of amides is 1. The minimum absolute atomic E-state index is 0.0469. The molecule has 1 aromatic heterocycles. The highest BCUT2D eigenvalue weighted by atomic mass is 19.1. The summed E-state index contributed by atoms with van der Waals surface area (Å²) < 4.78 is 13.0. The zero-order chi connectivity index (χ0) is 17.2. The number of benzene rings is 1. The Bertz CT molecular complexity index is 725. The first-order valence-electron chi connectivity index (χ1n) is 8.50. The predicted molar refractivity (Wildman–Crippen MR) is 91.9 cm³/mol. The minimum Gasteiger partial charge on any atom is -0.369 e. The van der Waals surface area contributed by atoms with Gasteiger partial charge in [-0.15, -0.1) is 0 Å². The molecule has 2 saturated heterocycles. The van der Waals surface area contributed by atoms with Crippen molar-refractivity contribution in [2.24, 2.45) is 0 Å². The molecular formula is C18H20FN5O. The first-order chi connectivity index (χ1) is 12.2. The SMILES string of the molecule is O=C(c1cnccn1)N1CC(N2CCN(c3ccc(F)cc3)CC2)C1. The molecule has 6 nitrogen and oxygen atoms in total. The van der Waals surface area contributed by atoms with Crippen molar-refractivity contribution in [2.75, 3.05) is 44.2 Å². The predicted octanol–water partition coefficient (Wildman–Crippen LogP) is 1.26. The summed E-state index contributed by atoms with van der Waals surface area (Å²) in [6, 6.07) is 7.08. The highest BCUT2D eigenvalue weighted by Crippen LogP contribution is 2.21. The fraction of sp³-hybridized carbons (Fsp3) is 0.389. The summed E-state index contributed by atoms with van der Waals surface area (Å²) in [5.74, 6) is -0.251. The second-order valence-corrected chi connectivity index (χ2v) is 6.45. The summed E-state index contributed by atoms with van der Waals surface area (Å²) in [5.41, 5.74) is 1.47. The van der Waals surface area contributed by atoms with E-state index in [0.29, 0.717) is 11.7 Å². The van der Waals surface area contributed by atoms with Crippen LogP contribution < -0.4 is 4.90 Å². The molecule has 25 heavy (non-hydrogen) atoms. The Hall–Kier alpha value is -2.54. The largest absolute Gasteiger partial charge is 0.369 e. The van der Waals surface area contributed by atoms with Crippen LogP contribution in [0, 0.1) is 5.82 Å². The second kappa shape index (κ2) is 6.76. The average molecular weight is 341 g/mol. The maximum Gasteiger partial charge on any atom is 0.274 e. The summed E-state index contributed by atoms with van der Waals surface area (Å²) in [6.07, 6.45) is 4.62. The van der Waals surface area contributed by atoms with Gasteiger partial charge >= 0.3 is 0 Å². The minimum atomic E-state index is -0.204. The van der Waals surface area contributed by atoms with Gasteiger partial charge in [-0.3, -0.25) is 14.7 Å². The number of anilines is 1. The monoisotopic (exact) mass is 341 g/mol. The van der Waals surface area contributed by atoms with Crippen molar-refractivity contribution < 1.29 is 9.18 Å². The third-order valence-electron chi connectivity index (χ3n) is 4.95. The molecule has 4 rings (SSSR count). The standard InChI is InChI=1S/C18H20FN5O/c19-14-1-3-15(4-2-14)22-7-9-23(10-8-22)16-12-24(13-16)18(25)17-11-20-5-6-21-17/h1-6,11,16H,7-10,12-13H2. The van der Waals surface area contributed by atoms with Crippen LogP contribution in [0.2, 0.25) is 0 Å². The molecule has 2 aromatic rings. The number of halogens is 1. The Morgan fingerprint density at radius 1 is 1.04 bits per heavy atom. The van der Waals surface area contributed by atoms with Gasteiger partial charge in [-0.05, 0) is 24.3 Å². The maximum absolute atomic E-state index is 13.0. The number of hydrogen-bond acceptors (Lipinski definition) is 5. The molecule has 0 atom stereocenters. The Morgan fingerprint density at radius 2 is 1.76 bits per heavy atom. The summed E-state index contributed by atoms with van der Waals surface area (Å²) in [7, 11) is 0. The highest BCUT2D eigenvalue weighted by Gasteiger charge is 2.36. The van der Waals surface area contributed by atoms with E-state index in [-0.39, 0.29) is 11.7 Å². The summed E-state index contributed by atoms with van der Waals surface area (Å²) >= 11 is 0. The smallest absolute Gasteiger partial charge is 0.274 e. The molecule has 1 amide bonds. The third kappa shape index (κ3) is 3.32. The molecule has 0 aliphatic carbocycles. The number of carbonyl (C=O) groups is 1. The van der Waals surface area contributed by atoms with Gasteiger partial charge in [0, 0.05) is 63.4 Å². The first kappa shape index (κ1) is 16.0. The number of hydrogen-bond donors (Lipinski definition) is 0. The Balaban J connectivity index is 1.27. The quantitative estimate of drug-likeness (QED) is 0.841. The lowest BCUT2D eigenvalue weighted by Gasteiger charge is -2.48. The van der Waals surface area contributed by atoms with Gasteiger partial charge in [0.05, 0.1) is 6.20 Å². The first-order valence-corrected chi connectivity index (χ1v) is 8.50. The van der Waals surface area contributed by atoms with Crippen molar-refractivity contribution in [3.63, 3.8) is 0 Å². The number of aromatic nitrogens is 2. The van der Waals surface area contributed by atoms with Crippen molar-refractivity contribution in [2.45, 2.75) is 6.04 Å². The van der Waals surface area contributed by atoms with Crippen molar-refractivity contribution in [1.82, 2.24) is 19.8 Å². The van der Waals surface area contributed by atoms with Gasteiger partial charge in [0.2, 0.25) is 0 Å². The molecule has 0 unspecified atom stereocenters. The molecule has 3 heterocycles. The normalized spacial score (nSPS) is 18.9. The van der Waals surface area contributed by atoms with E-state index in [2.05, 4.69) is 19.8 Å². The molecule has 2 aliphatic rings. The average Bonchev–Trinajstić information content (AvgIpc) is 2.62. The van der Waals surface area contributed by atoms with E-state index in [0.717, 1.165) is 45.0 Å². The van der Waals surface area contributed by atoms with Gasteiger partial charge in [0.25, 0.3) is 5.91 Å². The molecule has 130 valence electrons. The lowest BCUT2D eigenvalue weighted by molar-refractivity contribution is 0.0242. The van der Waals surface area contributed by atoms with Gasteiger partial charge in [0.1, 0.15) is 11.5 Å². The van der Waals surface area contributed by atoms with E-state index in [9.17, 15) is 9.18 Å². The highest BCUT2D eigenvalue weighted by molar-refractivity contribution is 5.92. The van der Waals surface area contributed by atoms with Gasteiger partial charge < -0.3 is 9.80 Å². The molecule has 7 heteroatoms. The van der Waals surface area contributed by atoms with Crippen molar-refractivity contribution >= 4 is 11.6 Å². The Kier molecular flexibility index (Phi) is 4.31. The lowest BCUT2D eigenvalue weighted by atomic mass is 10.1. The molecule has 0 spiro atoms. The third-order valence-corrected chi connectivity index (χ3v) is 4.95. The Labute approximate surface area is 145 Å².